The Bertz CT molecular complexity index is 252. The molecular formula is C17H36N2. The van der Waals surface area contributed by atoms with Crippen molar-refractivity contribution >= 4 is 0 Å². The van der Waals surface area contributed by atoms with E-state index in [1.807, 2.05) is 0 Å². The molecule has 3 unspecified atom stereocenters. The molecule has 19 heavy (non-hydrogen) atoms. The van der Waals surface area contributed by atoms with Crippen molar-refractivity contribution in [2.75, 3.05) is 19.6 Å². The minimum absolute atomic E-state index is 0.357. The van der Waals surface area contributed by atoms with E-state index in [1.165, 1.54) is 38.8 Å². The first kappa shape index (κ1) is 17.0. The van der Waals surface area contributed by atoms with Crippen LogP contribution in [-0.4, -0.2) is 36.1 Å². The van der Waals surface area contributed by atoms with Gasteiger partial charge in [0.05, 0.1) is 0 Å². The van der Waals surface area contributed by atoms with E-state index < -0.39 is 0 Å². The van der Waals surface area contributed by atoms with E-state index in [0.29, 0.717) is 11.6 Å². The summed E-state index contributed by atoms with van der Waals surface area (Å²) in [5.41, 5.74) is 0.357. The Morgan fingerprint density at radius 1 is 1.26 bits per heavy atom. The number of nitrogens with one attached hydrogen (secondary N) is 1. The van der Waals surface area contributed by atoms with Gasteiger partial charge in [0, 0.05) is 31.2 Å². The number of rotatable bonds is 7. The molecule has 3 atom stereocenters. The number of hydrogen-bond acceptors (Lipinski definition) is 2. The van der Waals surface area contributed by atoms with Crippen LogP contribution in [0.2, 0.25) is 0 Å². The van der Waals surface area contributed by atoms with Crippen LogP contribution in [0.3, 0.4) is 0 Å². The highest BCUT2D eigenvalue weighted by Crippen LogP contribution is 2.26. The maximum Gasteiger partial charge on any atom is 0.0304 e. The summed E-state index contributed by atoms with van der Waals surface area (Å²) in [6, 6.07) is 0.688. The molecule has 0 aromatic carbocycles. The average Bonchev–Trinajstić information content (AvgIpc) is 2.33. The van der Waals surface area contributed by atoms with Crippen LogP contribution in [0.25, 0.3) is 0 Å². The molecule has 1 heterocycles. The van der Waals surface area contributed by atoms with Crippen molar-refractivity contribution in [1.29, 1.82) is 0 Å². The van der Waals surface area contributed by atoms with Gasteiger partial charge in [-0.05, 0) is 38.0 Å². The molecule has 2 heteroatoms. The molecule has 0 radical (unpaired) electrons. The molecule has 0 bridgehead atoms. The van der Waals surface area contributed by atoms with Crippen LogP contribution in [0.4, 0.5) is 0 Å². The number of piperazine rings is 1. The Balaban J connectivity index is 2.63. The molecule has 0 aromatic rings. The van der Waals surface area contributed by atoms with E-state index in [-0.39, 0.29) is 0 Å². The first-order chi connectivity index (χ1) is 8.91. The van der Waals surface area contributed by atoms with Gasteiger partial charge in [-0.2, -0.15) is 0 Å². The van der Waals surface area contributed by atoms with E-state index >= 15 is 0 Å². The first-order valence-electron chi connectivity index (χ1n) is 8.39. The van der Waals surface area contributed by atoms with Crippen molar-refractivity contribution in [1.82, 2.24) is 10.2 Å². The van der Waals surface area contributed by atoms with Gasteiger partial charge in [0.15, 0.2) is 0 Å². The molecule has 1 rings (SSSR count). The zero-order valence-electron chi connectivity index (χ0n) is 14.1. The van der Waals surface area contributed by atoms with Gasteiger partial charge in [-0.1, -0.05) is 41.0 Å². The lowest BCUT2D eigenvalue weighted by molar-refractivity contribution is 0.0316. The third-order valence-electron chi connectivity index (χ3n) is 4.81. The lowest BCUT2D eigenvalue weighted by Crippen LogP contribution is -2.63. The highest BCUT2D eigenvalue weighted by atomic mass is 15.3. The second-order valence-electron chi connectivity index (χ2n) is 7.36. The van der Waals surface area contributed by atoms with Crippen LogP contribution in [0.15, 0.2) is 0 Å². The van der Waals surface area contributed by atoms with Crippen molar-refractivity contribution in [3.63, 3.8) is 0 Å². The summed E-state index contributed by atoms with van der Waals surface area (Å²) < 4.78 is 0. The predicted octanol–water partition coefficient (Wildman–Crippen LogP) is 3.91. The van der Waals surface area contributed by atoms with E-state index in [4.69, 9.17) is 0 Å². The van der Waals surface area contributed by atoms with Gasteiger partial charge in [0.2, 0.25) is 0 Å². The molecule has 1 aliphatic rings. The molecule has 0 aromatic heterocycles. The van der Waals surface area contributed by atoms with Crippen LogP contribution < -0.4 is 5.32 Å². The Kier molecular flexibility index (Phi) is 6.82. The minimum Gasteiger partial charge on any atom is -0.311 e. The topological polar surface area (TPSA) is 15.3 Å². The normalized spacial score (nSPS) is 30.8. The summed E-state index contributed by atoms with van der Waals surface area (Å²) in [6.07, 6.45) is 5.22. The maximum atomic E-state index is 3.79. The van der Waals surface area contributed by atoms with Crippen molar-refractivity contribution in [3.8, 4) is 0 Å². The summed E-state index contributed by atoms with van der Waals surface area (Å²) in [6.45, 7) is 17.8. The van der Waals surface area contributed by atoms with Crippen LogP contribution in [0.5, 0.6) is 0 Å². The predicted molar refractivity (Wildman–Crippen MR) is 85.6 cm³/mol. The number of nitrogens with zero attached hydrogens (tertiary/aromatic N) is 1. The van der Waals surface area contributed by atoms with Gasteiger partial charge < -0.3 is 5.32 Å². The fourth-order valence-corrected chi connectivity index (χ4v) is 3.36. The molecule has 1 aliphatic heterocycles. The second-order valence-corrected chi connectivity index (χ2v) is 7.36. The number of hydrogen-bond donors (Lipinski definition) is 1. The Hall–Kier alpha value is -0.0800. The van der Waals surface area contributed by atoms with Gasteiger partial charge in [0.1, 0.15) is 0 Å². The standard InChI is InChI=1S/C17H36N2/c1-7-9-15(5)11-19-12-16(10-14(3)4)18-13-17(19,6)8-2/h14-16,18H,7-13H2,1-6H3. The molecule has 0 saturated carbocycles. The fraction of sp³-hybridized carbons (Fsp3) is 1.00. The lowest BCUT2D eigenvalue weighted by Gasteiger charge is -2.49. The van der Waals surface area contributed by atoms with Crippen molar-refractivity contribution in [3.05, 3.63) is 0 Å². The van der Waals surface area contributed by atoms with Crippen molar-refractivity contribution in [2.45, 2.75) is 78.8 Å². The summed E-state index contributed by atoms with van der Waals surface area (Å²) >= 11 is 0. The molecule has 1 N–H and O–H groups in total. The first-order valence-corrected chi connectivity index (χ1v) is 8.39. The highest BCUT2D eigenvalue weighted by molar-refractivity contribution is 4.95. The summed E-state index contributed by atoms with van der Waals surface area (Å²) in [4.78, 5) is 2.77. The van der Waals surface area contributed by atoms with E-state index in [1.54, 1.807) is 0 Å². The second kappa shape index (κ2) is 7.64. The summed E-state index contributed by atoms with van der Waals surface area (Å²) in [7, 11) is 0. The quantitative estimate of drug-likeness (QED) is 0.753. The molecule has 0 amide bonds. The third-order valence-corrected chi connectivity index (χ3v) is 4.81. The van der Waals surface area contributed by atoms with Gasteiger partial charge in [-0.25, -0.2) is 0 Å². The van der Waals surface area contributed by atoms with Crippen LogP contribution in [0, 0.1) is 11.8 Å². The molecular weight excluding hydrogens is 232 g/mol. The summed E-state index contributed by atoms with van der Waals surface area (Å²) in [5, 5.41) is 3.79. The molecule has 1 saturated heterocycles. The lowest BCUT2D eigenvalue weighted by atomic mass is 9.88. The van der Waals surface area contributed by atoms with Gasteiger partial charge >= 0.3 is 0 Å². The third kappa shape index (κ3) is 5.07. The SMILES string of the molecule is CCCC(C)CN1CC(CC(C)C)NCC1(C)CC. The van der Waals surface area contributed by atoms with E-state index in [0.717, 1.165) is 18.4 Å². The Morgan fingerprint density at radius 3 is 2.47 bits per heavy atom. The Morgan fingerprint density at radius 2 is 1.95 bits per heavy atom. The largest absolute Gasteiger partial charge is 0.311 e. The van der Waals surface area contributed by atoms with Crippen LogP contribution >= 0.6 is 0 Å². The highest BCUT2D eigenvalue weighted by Gasteiger charge is 2.36. The van der Waals surface area contributed by atoms with Crippen molar-refractivity contribution < 1.29 is 0 Å². The van der Waals surface area contributed by atoms with Gasteiger partial charge in [-0.15, -0.1) is 0 Å². The van der Waals surface area contributed by atoms with Gasteiger partial charge in [0.25, 0.3) is 0 Å². The monoisotopic (exact) mass is 268 g/mol. The maximum absolute atomic E-state index is 3.79. The molecule has 0 aliphatic carbocycles. The van der Waals surface area contributed by atoms with Crippen LogP contribution in [0.1, 0.15) is 67.2 Å². The molecule has 2 nitrogen and oxygen atoms in total. The van der Waals surface area contributed by atoms with E-state index in [9.17, 15) is 0 Å². The summed E-state index contributed by atoms with van der Waals surface area (Å²) in [5.74, 6) is 1.62. The van der Waals surface area contributed by atoms with Crippen molar-refractivity contribution in [2.24, 2.45) is 11.8 Å². The van der Waals surface area contributed by atoms with Gasteiger partial charge in [-0.3, -0.25) is 4.90 Å². The molecule has 0 spiro atoms. The van der Waals surface area contributed by atoms with Crippen LogP contribution in [-0.2, 0) is 0 Å². The zero-order valence-corrected chi connectivity index (χ0v) is 14.1. The fourth-order valence-electron chi connectivity index (χ4n) is 3.36. The molecule has 1 fully saturated rings. The Labute approximate surface area is 121 Å². The minimum atomic E-state index is 0.357. The zero-order chi connectivity index (χ0) is 14.5. The average molecular weight is 268 g/mol. The van der Waals surface area contributed by atoms with E-state index in [2.05, 4.69) is 51.8 Å². The molecule has 114 valence electrons. The smallest absolute Gasteiger partial charge is 0.0304 e.